The van der Waals surface area contributed by atoms with Crippen molar-refractivity contribution in [2.24, 2.45) is 0 Å². The molecule has 0 saturated heterocycles. The first-order valence-electron chi connectivity index (χ1n) is 9.24. The van der Waals surface area contributed by atoms with E-state index in [9.17, 15) is 14.9 Å². The predicted molar refractivity (Wildman–Crippen MR) is 107 cm³/mol. The van der Waals surface area contributed by atoms with Gasteiger partial charge in [-0.3, -0.25) is 10.1 Å². The fourth-order valence-corrected chi connectivity index (χ4v) is 3.31. The van der Waals surface area contributed by atoms with E-state index in [4.69, 9.17) is 4.74 Å². The van der Waals surface area contributed by atoms with Gasteiger partial charge in [0.2, 0.25) is 0 Å². The highest BCUT2D eigenvalue weighted by Crippen LogP contribution is 2.32. The zero-order valence-corrected chi connectivity index (χ0v) is 16.5. The number of nitrogens with zero attached hydrogens (tertiary/aromatic N) is 4. The summed E-state index contributed by atoms with van der Waals surface area (Å²) >= 11 is 0. The summed E-state index contributed by atoms with van der Waals surface area (Å²) < 4.78 is 7.05. The summed E-state index contributed by atoms with van der Waals surface area (Å²) in [7, 11) is 0. The Morgan fingerprint density at radius 3 is 2.55 bits per heavy atom. The number of ether oxygens (including phenoxy) is 1. The van der Waals surface area contributed by atoms with Gasteiger partial charge in [-0.25, -0.2) is 14.5 Å². The Hall–Kier alpha value is -3.55. The predicted octanol–water partition coefficient (Wildman–Crippen LogP) is 4.09. The number of aromatic nitrogens is 3. The Morgan fingerprint density at radius 1 is 1.24 bits per heavy atom. The van der Waals surface area contributed by atoms with Gasteiger partial charge in [0.1, 0.15) is 24.4 Å². The first kappa shape index (κ1) is 20.2. The fourth-order valence-electron chi connectivity index (χ4n) is 3.31. The van der Waals surface area contributed by atoms with Crippen LogP contribution in [0.15, 0.2) is 61.2 Å². The van der Waals surface area contributed by atoms with Gasteiger partial charge in [0.25, 0.3) is 5.69 Å². The molecule has 0 aliphatic heterocycles. The molecule has 1 aromatic heterocycles. The molecule has 0 N–H and O–H groups in total. The lowest BCUT2D eigenvalue weighted by molar-refractivity contribution is -0.384. The van der Waals surface area contributed by atoms with E-state index in [0.29, 0.717) is 6.42 Å². The average Bonchev–Trinajstić information content (AvgIpc) is 3.26. The molecule has 0 amide bonds. The number of esters is 1. The highest BCUT2D eigenvalue weighted by molar-refractivity contribution is 5.91. The van der Waals surface area contributed by atoms with E-state index in [1.54, 1.807) is 0 Å². The van der Waals surface area contributed by atoms with Gasteiger partial charge in [-0.15, -0.1) is 0 Å². The Bertz CT molecular complexity index is 1000. The van der Waals surface area contributed by atoms with Gasteiger partial charge < -0.3 is 4.74 Å². The van der Waals surface area contributed by atoms with Crippen molar-refractivity contribution in [3.8, 4) is 5.69 Å². The fraction of sp³-hybridized carbons (Fsp3) is 0.286. The number of carbonyl (C=O) groups excluding carboxylic acids is 1. The first-order chi connectivity index (χ1) is 13.8. The van der Waals surface area contributed by atoms with Gasteiger partial charge in [-0.2, -0.15) is 5.10 Å². The Labute approximate surface area is 168 Å². The number of nitro benzene ring substituents is 1. The Morgan fingerprint density at radius 2 is 1.97 bits per heavy atom. The maximum atomic E-state index is 12.8. The van der Waals surface area contributed by atoms with Crippen molar-refractivity contribution >= 4 is 11.7 Å². The molecular weight excluding hydrogens is 372 g/mol. The molecule has 0 fully saturated rings. The van der Waals surface area contributed by atoms with Crippen molar-refractivity contribution in [2.45, 2.75) is 38.7 Å². The van der Waals surface area contributed by atoms with Crippen LogP contribution in [0.3, 0.4) is 0 Å². The quantitative estimate of drug-likeness (QED) is 0.340. The largest absolute Gasteiger partial charge is 0.458 e. The van der Waals surface area contributed by atoms with Crippen LogP contribution >= 0.6 is 0 Å². The van der Waals surface area contributed by atoms with Crippen LogP contribution < -0.4 is 0 Å². The van der Waals surface area contributed by atoms with Crippen molar-refractivity contribution in [1.82, 2.24) is 14.8 Å². The molecule has 3 rings (SSSR count). The third-order valence-electron chi connectivity index (χ3n) is 5.02. The zero-order chi connectivity index (χ0) is 21.0. The molecule has 1 heterocycles. The molecule has 3 aromatic rings. The normalized spacial score (nSPS) is 12.4. The highest BCUT2D eigenvalue weighted by Gasteiger charge is 2.33. The lowest BCUT2D eigenvalue weighted by atomic mass is 9.78. The van der Waals surface area contributed by atoms with Crippen LogP contribution in [0.5, 0.6) is 0 Å². The van der Waals surface area contributed by atoms with Gasteiger partial charge in [-0.1, -0.05) is 51.1 Å². The summed E-state index contributed by atoms with van der Waals surface area (Å²) in [6.45, 7) is 5.97. The van der Waals surface area contributed by atoms with Crippen LogP contribution in [0.25, 0.3) is 5.69 Å². The second-order valence-electron chi connectivity index (χ2n) is 7.19. The summed E-state index contributed by atoms with van der Waals surface area (Å²) in [5.41, 5.74) is 0.717. The minimum absolute atomic E-state index is 0.114. The van der Waals surface area contributed by atoms with E-state index >= 15 is 0 Å². The maximum absolute atomic E-state index is 12.8. The molecule has 150 valence electrons. The average molecular weight is 394 g/mol. The van der Waals surface area contributed by atoms with Gasteiger partial charge in [0, 0.05) is 11.5 Å². The smallest absolute Gasteiger partial charge is 0.338 e. The molecule has 0 spiro atoms. The molecule has 8 nitrogen and oxygen atoms in total. The first-order valence-corrected chi connectivity index (χ1v) is 9.24. The van der Waals surface area contributed by atoms with Crippen molar-refractivity contribution in [2.75, 3.05) is 0 Å². The van der Waals surface area contributed by atoms with Gasteiger partial charge >= 0.3 is 5.97 Å². The SMILES string of the molecule is CC[C@H](OC(=O)c1ccc(-n2cncn2)c([N+](=O)[O-])c1)C(C)(C)c1ccccc1. The second-order valence-corrected chi connectivity index (χ2v) is 7.19. The molecular formula is C21H22N4O4. The lowest BCUT2D eigenvalue weighted by Gasteiger charge is -2.33. The molecule has 0 aliphatic carbocycles. The third kappa shape index (κ3) is 4.16. The van der Waals surface area contributed by atoms with Crippen LogP contribution in [-0.4, -0.2) is 31.8 Å². The van der Waals surface area contributed by atoms with Crippen LogP contribution in [0.1, 0.15) is 43.1 Å². The van der Waals surface area contributed by atoms with E-state index < -0.39 is 22.4 Å². The number of benzene rings is 2. The standard InChI is InChI=1S/C21H22N4O4/c1-4-19(21(2,3)16-8-6-5-7-9-16)29-20(26)15-10-11-17(18(12-15)25(27)28)24-14-22-13-23-24/h5-14,19H,4H2,1-3H3/t19-/m0/s1. The summed E-state index contributed by atoms with van der Waals surface area (Å²) in [5.74, 6) is -0.603. The van der Waals surface area contributed by atoms with E-state index in [0.717, 1.165) is 5.56 Å². The second kappa shape index (κ2) is 8.22. The summed E-state index contributed by atoms with van der Waals surface area (Å²) in [6, 6.07) is 14.0. The highest BCUT2D eigenvalue weighted by atomic mass is 16.6. The van der Waals surface area contributed by atoms with Crippen molar-refractivity contribution in [1.29, 1.82) is 0 Å². The molecule has 1 atom stereocenters. The number of hydrogen-bond acceptors (Lipinski definition) is 6. The van der Waals surface area contributed by atoms with Gasteiger partial charge in [0.05, 0.1) is 10.5 Å². The minimum Gasteiger partial charge on any atom is -0.458 e. The van der Waals surface area contributed by atoms with E-state index in [1.807, 2.05) is 51.1 Å². The van der Waals surface area contributed by atoms with E-state index in [-0.39, 0.29) is 16.9 Å². The Kier molecular flexibility index (Phi) is 5.72. The van der Waals surface area contributed by atoms with Crippen LogP contribution in [0.2, 0.25) is 0 Å². The maximum Gasteiger partial charge on any atom is 0.338 e. The van der Waals surface area contributed by atoms with Gasteiger partial charge in [0.15, 0.2) is 0 Å². The molecule has 0 bridgehead atoms. The Balaban J connectivity index is 1.88. The zero-order valence-electron chi connectivity index (χ0n) is 16.5. The summed E-state index contributed by atoms with van der Waals surface area (Å²) in [5, 5.41) is 15.4. The molecule has 8 heteroatoms. The molecule has 0 aliphatic rings. The number of hydrogen-bond donors (Lipinski definition) is 0. The minimum atomic E-state index is -0.603. The number of nitro groups is 1. The topological polar surface area (TPSA) is 100 Å². The molecule has 29 heavy (non-hydrogen) atoms. The molecule has 0 radical (unpaired) electrons. The summed E-state index contributed by atoms with van der Waals surface area (Å²) in [4.78, 5) is 27.5. The molecule has 2 aromatic carbocycles. The van der Waals surface area contributed by atoms with Gasteiger partial charge in [-0.05, 0) is 24.1 Å². The molecule has 0 saturated carbocycles. The number of carbonyl (C=O) groups is 1. The number of rotatable bonds is 7. The third-order valence-corrected chi connectivity index (χ3v) is 5.02. The van der Waals surface area contributed by atoms with E-state index in [2.05, 4.69) is 10.1 Å². The van der Waals surface area contributed by atoms with Crippen LogP contribution in [0, 0.1) is 10.1 Å². The van der Waals surface area contributed by atoms with Crippen LogP contribution in [0.4, 0.5) is 5.69 Å². The molecule has 0 unspecified atom stereocenters. The van der Waals surface area contributed by atoms with Crippen LogP contribution in [-0.2, 0) is 10.2 Å². The van der Waals surface area contributed by atoms with Crippen molar-refractivity contribution in [3.05, 3.63) is 82.4 Å². The summed E-state index contributed by atoms with van der Waals surface area (Å²) in [6.07, 6.45) is 2.85. The monoisotopic (exact) mass is 394 g/mol. The lowest BCUT2D eigenvalue weighted by Crippen LogP contribution is -2.37. The van der Waals surface area contributed by atoms with Crippen molar-refractivity contribution < 1.29 is 14.5 Å². The van der Waals surface area contributed by atoms with Crippen molar-refractivity contribution in [3.63, 3.8) is 0 Å². The van der Waals surface area contributed by atoms with E-state index in [1.165, 1.54) is 35.5 Å².